The van der Waals surface area contributed by atoms with Crippen molar-refractivity contribution >= 4 is 16.7 Å². The predicted octanol–water partition coefficient (Wildman–Crippen LogP) is 3.71. The zero-order chi connectivity index (χ0) is 14.8. The number of furan rings is 1. The van der Waals surface area contributed by atoms with Crippen molar-refractivity contribution in [3.8, 4) is 0 Å². The van der Waals surface area contributed by atoms with Crippen molar-refractivity contribution in [1.29, 1.82) is 0 Å². The fraction of sp³-hybridized carbons (Fsp3) is 0.176. The maximum Gasteiger partial charge on any atom is 0.146 e. The summed E-state index contributed by atoms with van der Waals surface area (Å²) in [6, 6.07) is 14.3. The maximum absolute atomic E-state index is 14.0. The fourth-order valence-electron chi connectivity index (χ4n) is 2.66. The summed E-state index contributed by atoms with van der Waals surface area (Å²) in [6.07, 6.45) is 1.71. The Bertz CT molecular complexity index is 753. The lowest BCUT2D eigenvalue weighted by Crippen LogP contribution is -2.30. The average molecular weight is 284 g/mol. The highest BCUT2D eigenvalue weighted by Gasteiger charge is 2.22. The number of para-hydroxylation sites is 2. The Morgan fingerprint density at radius 1 is 1.14 bits per heavy atom. The number of hydrogen-bond acceptors (Lipinski definition) is 3. The molecule has 0 saturated heterocycles. The Balaban J connectivity index is 2.04. The second-order valence-electron chi connectivity index (χ2n) is 5.00. The largest absolute Gasteiger partial charge is 0.464 e. The molecule has 0 bridgehead atoms. The molecule has 0 radical (unpaired) electrons. The molecule has 0 aliphatic carbocycles. The highest BCUT2D eigenvalue weighted by molar-refractivity contribution is 5.82. The molecule has 3 rings (SSSR count). The molecule has 2 aromatic carbocycles. The first-order chi connectivity index (χ1) is 10.2. The molecule has 0 fully saturated rings. The van der Waals surface area contributed by atoms with Gasteiger partial charge in [0, 0.05) is 24.5 Å². The van der Waals surface area contributed by atoms with Gasteiger partial charge in [0.05, 0.1) is 18.0 Å². The molecule has 0 aliphatic rings. The minimum Gasteiger partial charge on any atom is -0.464 e. The molecule has 0 spiro atoms. The lowest BCUT2D eigenvalue weighted by molar-refractivity contribution is 0.583. The van der Waals surface area contributed by atoms with Crippen molar-refractivity contribution in [1.82, 2.24) is 0 Å². The van der Waals surface area contributed by atoms with Crippen molar-refractivity contribution in [2.24, 2.45) is 5.73 Å². The molecule has 0 aliphatic heterocycles. The molecule has 0 saturated carbocycles. The van der Waals surface area contributed by atoms with Crippen molar-refractivity contribution in [2.75, 3.05) is 18.5 Å². The molecular formula is C17H17FN2O. The summed E-state index contributed by atoms with van der Waals surface area (Å²) in [5.74, 6) is -0.258. The standard InChI is InChI=1S/C17H17FN2O/c1-20(15-8-4-3-7-14(15)18)16(10-19)13-11-21-17-9-5-2-6-12(13)17/h2-9,11,16H,10,19H2,1H3. The summed E-state index contributed by atoms with van der Waals surface area (Å²) in [7, 11) is 1.84. The predicted molar refractivity (Wildman–Crippen MR) is 82.8 cm³/mol. The van der Waals surface area contributed by atoms with E-state index in [2.05, 4.69) is 0 Å². The monoisotopic (exact) mass is 284 g/mol. The summed E-state index contributed by atoms with van der Waals surface area (Å²) >= 11 is 0. The first-order valence-corrected chi connectivity index (χ1v) is 6.86. The summed E-state index contributed by atoms with van der Waals surface area (Å²) in [5.41, 5.74) is 8.25. The van der Waals surface area contributed by atoms with Crippen LogP contribution in [0.2, 0.25) is 0 Å². The van der Waals surface area contributed by atoms with E-state index in [0.717, 1.165) is 16.5 Å². The number of likely N-dealkylation sites (N-methyl/N-ethyl adjacent to an activating group) is 1. The van der Waals surface area contributed by atoms with E-state index in [1.165, 1.54) is 6.07 Å². The highest BCUT2D eigenvalue weighted by atomic mass is 19.1. The van der Waals surface area contributed by atoms with Crippen molar-refractivity contribution in [3.63, 3.8) is 0 Å². The third-order valence-corrected chi connectivity index (χ3v) is 3.79. The molecule has 1 aromatic heterocycles. The summed E-state index contributed by atoms with van der Waals surface area (Å²) in [6.45, 7) is 0.369. The van der Waals surface area contributed by atoms with Crippen LogP contribution >= 0.6 is 0 Å². The Labute approximate surface area is 122 Å². The molecule has 3 aromatic rings. The maximum atomic E-state index is 14.0. The van der Waals surface area contributed by atoms with Crippen LogP contribution in [0.3, 0.4) is 0 Å². The van der Waals surface area contributed by atoms with E-state index in [9.17, 15) is 4.39 Å². The van der Waals surface area contributed by atoms with Gasteiger partial charge in [0.15, 0.2) is 0 Å². The van der Waals surface area contributed by atoms with E-state index >= 15 is 0 Å². The first kappa shape index (κ1) is 13.6. The van der Waals surface area contributed by atoms with Gasteiger partial charge in [-0.1, -0.05) is 30.3 Å². The van der Waals surface area contributed by atoms with Crippen LogP contribution in [-0.2, 0) is 0 Å². The number of rotatable bonds is 4. The third kappa shape index (κ3) is 2.38. The SMILES string of the molecule is CN(c1ccccc1F)C(CN)c1coc2ccccc12. The average Bonchev–Trinajstić information content (AvgIpc) is 2.93. The van der Waals surface area contributed by atoms with Gasteiger partial charge in [-0.25, -0.2) is 4.39 Å². The molecule has 0 amide bonds. The molecule has 3 nitrogen and oxygen atoms in total. The summed E-state index contributed by atoms with van der Waals surface area (Å²) < 4.78 is 19.6. The number of anilines is 1. The van der Waals surface area contributed by atoms with Crippen molar-refractivity contribution < 1.29 is 8.81 Å². The van der Waals surface area contributed by atoms with Crippen LogP contribution in [0.5, 0.6) is 0 Å². The van der Waals surface area contributed by atoms with Gasteiger partial charge < -0.3 is 15.1 Å². The van der Waals surface area contributed by atoms with Crippen molar-refractivity contribution in [3.05, 3.63) is 66.2 Å². The van der Waals surface area contributed by atoms with Crippen LogP contribution in [0, 0.1) is 5.82 Å². The third-order valence-electron chi connectivity index (χ3n) is 3.79. The summed E-state index contributed by atoms with van der Waals surface area (Å²) in [4.78, 5) is 1.85. The molecule has 1 atom stereocenters. The second kappa shape index (κ2) is 5.58. The topological polar surface area (TPSA) is 42.4 Å². The van der Waals surface area contributed by atoms with Gasteiger partial charge in [0.2, 0.25) is 0 Å². The Morgan fingerprint density at radius 3 is 2.62 bits per heavy atom. The van der Waals surface area contributed by atoms with Crippen LogP contribution in [0.4, 0.5) is 10.1 Å². The number of benzene rings is 2. The van der Waals surface area contributed by atoms with Crippen LogP contribution < -0.4 is 10.6 Å². The van der Waals surface area contributed by atoms with E-state index < -0.39 is 0 Å². The van der Waals surface area contributed by atoms with Gasteiger partial charge in [-0.05, 0) is 18.2 Å². The smallest absolute Gasteiger partial charge is 0.146 e. The minimum atomic E-state index is -0.258. The number of nitrogens with two attached hydrogens (primary N) is 1. The van der Waals surface area contributed by atoms with Gasteiger partial charge in [-0.2, -0.15) is 0 Å². The van der Waals surface area contributed by atoms with E-state index in [1.807, 2.05) is 42.3 Å². The minimum absolute atomic E-state index is 0.148. The fourth-order valence-corrected chi connectivity index (χ4v) is 2.66. The van der Waals surface area contributed by atoms with E-state index in [-0.39, 0.29) is 11.9 Å². The molecular weight excluding hydrogens is 267 g/mol. The molecule has 1 heterocycles. The first-order valence-electron chi connectivity index (χ1n) is 6.86. The molecule has 2 N–H and O–H groups in total. The van der Waals surface area contributed by atoms with E-state index in [4.69, 9.17) is 10.2 Å². The molecule has 1 unspecified atom stereocenters. The highest BCUT2D eigenvalue weighted by Crippen LogP contribution is 2.32. The number of hydrogen-bond donors (Lipinski definition) is 1. The molecule has 4 heteroatoms. The van der Waals surface area contributed by atoms with Crippen LogP contribution in [-0.4, -0.2) is 13.6 Å². The normalized spacial score (nSPS) is 12.5. The lowest BCUT2D eigenvalue weighted by atomic mass is 10.0. The quantitative estimate of drug-likeness (QED) is 0.794. The van der Waals surface area contributed by atoms with Gasteiger partial charge >= 0.3 is 0 Å². The number of halogens is 1. The van der Waals surface area contributed by atoms with E-state index in [1.54, 1.807) is 18.4 Å². The Hall–Kier alpha value is -2.33. The zero-order valence-corrected chi connectivity index (χ0v) is 11.8. The molecule has 21 heavy (non-hydrogen) atoms. The van der Waals surface area contributed by atoms with Gasteiger partial charge in [-0.15, -0.1) is 0 Å². The van der Waals surface area contributed by atoms with Crippen LogP contribution in [0.15, 0.2) is 59.2 Å². The zero-order valence-electron chi connectivity index (χ0n) is 11.8. The second-order valence-corrected chi connectivity index (χ2v) is 5.00. The number of nitrogens with zero attached hydrogens (tertiary/aromatic N) is 1. The van der Waals surface area contributed by atoms with Gasteiger partial charge in [-0.3, -0.25) is 0 Å². The Kier molecular flexibility index (Phi) is 3.62. The van der Waals surface area contributed by atoms with Gasteiger partial charge in [0.1, 0.15) is 11.4 Å². The molecule has 108 valence electrons. The van der Waals surface area contributed by atoms with Crippen molar-refractivity contribution in [2.45, 2.75) is 6.04 Å². The van der Waals surface area contributed by atoms with E-state index in [0.29, 0.717) is 12.2 Å². The number of fused-ring (bicyclic) bond motifs is 1. The van der Waals surface area contributed by atoms with Crippen LogP contribution in [0.1, 0.15) is 11.6 Å². The lowest BCUT2D eigenvalue weighted by Gasteiger charge is -2.29. The van der Waals surface area contributed by atoms with Gasteiger partial charge in [0.25, 0.3) is 0 Å². The van der Waals surface area contributed by atoms with Crippen LogP contribution in [0.25, 0.3) is 11.0 Å². The Morgan fingerprint density at radius 2 is 1.86 bits per heavy atom. The summed E-state index contributed by atoms with van der Waals surface area (Å²) in [5, 5.41) is 1.01.